The minimum atomic E-state index is -0.447. The van der Waals surface area contributed by atoms with E-state index < -0.39 is 5.91 Å². The fourth-order valence-corrected chi connectivity index (χ4v) is 4.16. The molecule has 0 spiro atoms. The highest BCUT2D eigenvalue weighted by Gasteiger charge is 2.37. The third-order valence-corrected chi connectivity index (χ3v) is 5.45. The molecule has 1 N–H and O–H groups in total. The van der Waals surface area contributed by atoms with Gasteiger partial charge in [0.05, 0.1) is 5.57 Å². The largest absolute Gasteiger partial charge is 0.462 e. The number of nitrogens with zero attached hydrogens (tertiary/aromatic N) is 3. The predicted molar refractivity (Wildman–Crippen MR) is 108 cm³/mol. The van der Waals surface area contributed by atoms with Crippen LogP contribution in [0.15, 0.2) is 62.5 Å². The van der Waals surface area contributed by atoms with E-state index >= 15 is 0 Å². The number of rotatable bonds is 4. The Bertz CT molecular complexity index is 1000. The van der Waals surface area contributed by atoms with Gasteiger partial charge in [0, 0.05) is 5.92 Å². The quantitative estimate of drug-likeness (QED) is 0.800. The van der Waals surface area contributed by atoms with Gasteiger partial charge in [-0.3, -0.25) is 10.2 Å². The van der Waals surface area contributed by atoms with E-state index in [-0.39, 0.29) is 17.3 Å². The average Bonchev–Trinajstić information content (AvgIpc) is 3.26. The lowest BCUT2D eigenvalue weighted by molar-refractivity contribution is -0.114. The number of hydrazone groups is 1. The van der Waals surface area contributed by atoms with E-state index in [1.807, 2.05) is 31.2 Å². The number of carbonyl (C=O) groups excluding carboxylic acids is 1. The summed E-state index contributed by atoms with van der Waals surface area (Å²) in [7, 11) is 0. The van der Waals surface area contributed by atoms with Crippen molar-refractivity contribution >= 4 is 39.8 Å². The number of amides is 1. The van der Waals surface area contributed by atoms with Crippen LogP contribution in [0, 0.1) is 12.3 Å². The van der Waals surface area contributed by atoms with Crippen LogP contribution in [0.3, 0.4) is 0 Å². The van der Waals surface area contributed by atoms with Gasteiger partial charge in [-0.25, -0.2) is 0 Å². The number of nitrogens with one attached hydrogen (secondary N) is 1. The average molecular weight is 378 g/mol. The molecule has 0 bridgehead atoms. The summed E-state index contributed by atoms with van der Waals surface area (Å²) >= 11 is 1.36. The van der Waals surface area contributed by atoms with Crippen LogP contribution in [-0.2, 0) is 4.79 Å². The van der Waals surface area contributed by atoms with Gasteiger partial charge in [0.15, 0.2) is 5.84 Å². The molecule has 1 aromatic carbocycles. The molecule has 2 aromatic rings. The zero-order valence-electron chi connectivity index (χ0n) is 15.0. The van der Waals surface area contributed by atoms with Crippen molar-refractivity contribution in [2.45, 2.75) is 26.2 Å². The van der Waals surface area contributed by atoms with Crippen molar-refractivity contribution in [3.63, 3.8) is 0 Å². The van der Waals surface area contributed by atoms with Gasteiger partial charge in [-0.15, -0.1) is 0 Å². The molecule has 6 nitrogen and oxygen atoms in total. The Kier molecular flexibility index (Phi) is 4.53. The van der Waals surface area contributed by atoms with Crippen LogP contribution in [0.4, 0.5) is 0 Å². The number of benzene rings is 1. The van der Waals surface area contributed by atoms with Gasteiger partial charge in [0.1, 0.15) is 16.6 Å². The molecule has 0 fully saturated rings. The maximum atomic E-state index is 12.4. The highest BCUT2D eigenvalue weighted by molar-refractivity contribution is 8.27. The third-order valence-electron chi connectivity index (χ3n) is 4.43. The lowest BCUT2D eigenvalue weighted by atomic mass is 9.98. The van der Waals surface area contributed by atoms with Crippen molar-refractivity contribution in [3.05, 3.63) is 65.1 Å². The first-order valence-electron chi connectivity index (χ1n) is 8.68. The zero-order valence-corrected chi connectivity index (χ0v) is 15.8. The lowest BCUT2D eigenvalue weighted by Gasteiger charge is -2.19. The second kappa shape index (κ2) is 7.00. The molecular weight excluding hydrogens is 360 g/mol. The summed E-state index contributed by atoms with van der Waals surface area (Å²) < 4.78 is 5.50. The first-order chi connectivity index (χ1) is 13.1. The van der Waals surface area contributed by atoms with E-state index in [9.17, 15) is 4.79 Å². The molecule has 2 aliphatic rings. The normalized spacial score (nSPS) is 19.2. The Hall–Kier alpha value is -2.93. The fraction of sp³-hybridized carbons (Fsp3) is 0.200. The van der Waals surface area contributed by atoms with Gasteiger partial charge in [-0.2, -0.15) is 15.1 Å². The molecule has 0 unspecified atom stereocenters. The Morgan fingerprint density at radius 2 is 2.04 bits per heavy atom. The van der Waals surface area contributed by atoms with Crippen LogP contribution in [0.2, 0.25) is 0 Å². The Balaban J connectivity index is 1.66. The molecule has 0 saturated carbocycles. The number of carbonyl (C=O) groups is 1. The second-order valence-electron chi connectivity index (χ2n) is 6.28. The van der Waals surface area contributed by atoms with E-state index in [0.29, 0.717) is 10.9 Å². The van der Waals surface area contributed by atoms with Crippen LogP contribution in [-0.4, -0.2) is 27.0 Å². The second-order valence-corrected chi connectivity index (χ2v) is 7.27. The smallest absolute Gasteiger partial charge is 0.283 e. The first kappa shape index (κ1) is 17.5. The number of aryl methyl sites for hydroxylation is 1. The highest BCUT2D eigenvalue weighted by Crippen LogP contribution is 2.35. The minimum absolute atomic E-state index is 0.0180. The predicted octanol–water partition coefficient (Wildman–Crippen LogP) is 4.40. The Morgan fingerprint density at radius 1 is 1.26 bits per heavy atom. The summed E-state index contributed by atoms with van der Waals surface area (Å²) in [5.41, 5.74) is 1.33. The topological polar surface area (TPSA) is 82.0 Å². The lowest BCUT2D eigenvalue weighted by Crippen LogP contribution is -2.35. The molecule has 0 saturated heterocycles. The highest BCUT2D eigenvalue weighted by atomic mass is 32.2. The molecule has 7 heteroatoms. The molecule has 27 heavy (non-hydrogen) atoms. The van der Waals surface area contributed by atoms with Crippen LogP contribution >= 0.6 is 11.8 Å². The number of hydrogen-bond acceptors (Lipinski definition) is 5. The number of amidine groups is 2. The van der Waals surface area contributed by atoms with Crippen LogP contribution in [0.1, 0.15) is 36.3 Å². The van der Waals surface area contributed by atoms with Gasteiger partial charge < -0.3 is 4.42 Å². The van der Waals surface area contributed by atoms with Crippen LogP contribution < -0.4 is 0 Å². The molecule has 3 heterocycles. The van der Waals surface area contributed by atoms with E-state index in [1.54, 1.807) is 12.1 Å². The van der Waals surface area contributed by atoms with E-state index in [2.05, 4.69) is 29.2 Å². The van der Waals surface area contributed by atoms with E-state index in [4.69, 9.17) is 9.83 Å². The molecule has 1 atom stereocenters. The van der Waals surface area contributed by atoms with E-state index in [0.717, 1.165) is 22.8 Å². The summed E-state index contributed by atoms with van der Waals surface area (Å²) in [5.74, 6) is 0.937. The van der Waals surface area contributed by atoms with E-state index in [1.165, 1.54) is 16.8 Å². The Morgan fingerprint density at radius 3 is 2.70 bits per heavy atom. The third kappa shape index (κ3) is 3.26. The van der Waals surface area contributed by atoms with Crippen LogP contribution in [0.25, 0.3) is 6.08 Å². The molecule has 4 rings (SSSR count). The van der Waals surface area contributed by atoms with Crippen molar-refractivity contribution in [1.29, 1.82) is 5.41 Å². The van der Waals surface area contributed by atoms with Gasteiger partial charge in [-0.05, 0) is 48.9 Å². The van der Waals surface area contributed by atoms with Gasteiger partial charge in [-0.1, -0.05) is 37.3 Å². The molecule has 1 aromatic heterocycles. The zero-order chi connectivity index (χ0) is 19.0. The van der Waals surface area contributed by atoms with Crippen molar-refractivity contribution < 1.29 is 9.21 Å². The molecule has 136 valence electrons. The number of fused-ring (bicyclic) bond motifs is 1. The summed E-state index contributed by atoms with van der Waals surface area (Å²) in [6.07, 6.45) is 2.41. The fourth-order valence-electron chi connectivity index (χ4n) is 3.06. The summed E-state index contributed by atoms with van der Waals surface area (Å²) in [6.45, 7) is 3.93. The molecule has 1 amide bonds. The van der Waals surface area contributed by atoms with Gasteiger partial charge >= 0.3 is 0 Å². The van der Waals surface area contributed by atoms with Crippen molar-refractivity contribution in [2.75, 3.05) is 0 Å². The molecule has 0 aliphatic carbocycles. The monoisotopic (exact) mass is 378 g/mol. The number of hydrogen-bond donors (Lipinski definition) is 1. The standard InChI is InChI=1S/C20H18N4O2S/c1-3-15(13-7-5-4-6-8-13)19-23-24-17(21)16(18(25)22-20(24)27-19)11-14-10-9-12(2)26-14/h4-11,15,21H,3H2,1-2H3/b16-11+,21-17?/t15-/m0/s1. The first-order valence-corrected chi connectivity index (χ1v) is 9.50. The molecule has 2 aliphatic heterocycles. The minimum Gasteiger partial charge on any atom is -0.462 e. The summed E-state index contributed by atoms with van der Waals surface area (Å²) in [4.78, 5) is 16.6. The maximum absolute atomic E-state index is 12.4. The van der Waals surface area contributed by atoms with Gasteiger partial charge in [0.2, 0.25) is 5.17 Å². The van der Waals surface area contributed by atoms with Crippen LogP contribution in [0.5, 0.6) is 0 Å². The Labute approximate surface area is 161 Å². The SMILES string of the molecule is CC[C@H](C1=NN2C(=N)/C(=C\c3ccc(C)o3)C(=O)N=C2S1)c1ccccc1. The van der Waals surface area contributed by atoms with Crippen molar-refractivity contribution in [3.8, 4) is 0 Å². The van der Waals surface area contributed by atoms with Crippen molar-refractivity contribution in [1.82, 2.24) is 5.01 Å². The van der Waals surface area contributed by atoms with Gasteiger partial charge in [0.25, 0.3) is 5.91 Å². The number of thioether (sulfide) groups is 1. The molecular formula is C20H18N4O2S. The maximum Gasteiger partial charge on any atom is 0.283 e. The number of furan rings is 1. The number of aliphatic imine (C=N–C) groups is 1. The van der Waals surface area contributed by atoms with Crippen molar-refractivity contribution in [2.24, 2.45) is 10.1 Å². The summed E-state index contributed by atoms with van der Waals surface area (Å²) in [5, 5.41) is 15.8. The molecule has 0 radical (unpaired) electrons. The summed E-state index contributed by atoms with van der Waals surface area (Å²) in [6, 6.07) is 13.7.